The first kappa shape index (κ1) is 13.2. The number of rotatable bonds is 4. The lowest BCUT2D eigenvalue weighted by Gasteiger charge is -2.15. The number of hydrogen-bond donors (Lipinski definition) is 1. The highest BCUT2D eigenvalue weighted by atomic mass is 32.1. The van der Waals surface area contributed by atoms with E-state index in [1.165, 1.54) is 11.3 Å². The van der Waals surface area contributed by atoms with Crippen LogP contribution in [0.2, 0.25) is 0 Å². The van der Waals surface area contributed by atoms with E-state index in [0.29, 0.717) is 10.9 Å². The van der Waals surface area contributed by atoms with E-state index in [4.69, 9.17) is 5.11 Å². The molecular formula is C12H19NO2S. The molecule has 0 spiro atoms. The maximum Gasteiger partial charge on any atom is 0.316 e. The quantitative estimate of drug-likeness (QED) is 0.881. The van der Waals surface area contributed by atoms with Crippen molar-refractivity contribution in [3.63, 3.8) is 0 Å². The minimum absolute atomic E-state index is 0.543. The van der Waals surface area contributed by atoms with E-state index in [-0.39, 0.29) is 0 Å². The summed E-state index contributed by atoms with van der Waals surface area (Å²) < 4.78 is 0. The molecule has 0 aromatic carbocycles. The fourth-order valence-electron chi connectivity index (χ4n) is 1.36. The first-order valence-corrected chi connectivity index (χ1v) is 6.27. The average molecular weight is 241 g/mol. The molecule has 3 nitrogen and oxygen atoms in total. The van der Waals surface area contributed by atoms with E-state index < -0.39 is 11.4 Å². The van der Waals surface area contributed by atoms with Gasteiger partial charge in [-0.15, -0.1) is 11.3 Å². The topological polar surface area (TPSA) is 50.2 Å². The smallest absolute Gasteiger partial charge is 0.316 e. The van der Waals surface area contributed by atoms with Gasteiger partial charge in [0.25, 0.3) is 0 Å². The molecule has 0 fully saturated rings. The molecule has 0 radical (unpaired) electrons. The van der Waals surface area contributed by atoms with E-state index in [0.717, 1.165) is 17.0 Å². The Morgan fingerprint density at radius 2 is 2.06 bits per heavy atom. The van der Waals surface area contributed by atoms with Gasteiger partial charge in [0.15, 0.2) is 0 Å². The maximum absolute atomic E-state index is 11.1. The van der Waals surface area contributed by atoms with Gasteiger partial charge >= 0.3 is 5.97 Å². The minimum atomic E-state index is -0.884. The van der Waals surface area contributed by atoms with Crippen molar-refractivity contribution in [2.24, 2.45) is 5.92 Å². The van der Waals surface area contributed by atoms with Crippen LogP contribution in [0.1, 0.15) is 43.3 Å². The third kappa shape index (κ3) is 2.61. The highest BCUT2D eigenvalue weighted by Gasteiger charge is 2.33. The van der Waals surface area contributed by atoms with Crippen molar-refractivity contribution in [3.05, 3.63) is 15.6 Å². The summed E-state index contributed by atoms with van der Waals surface area (Å²) >= 11 is 1.50. The van der Waals surface area contributed by atoms with Crippen molar-refractivity contribution in [3.8, 4) is 0 Å². The van der Waals surface area contributed by atoms with Gasteiger partial charge in [-0.2, -0.15) is 0 Å². The molecule has 0 amide bonds. The normalized spacial score (nSPS) is 12.1. The molecule has 90 valence electrons. The molecule has 0 bridgehead atoms. The van der Waals surface area contributed by atoms with Crippen molar-refractivity contribution in [1.82, 2.24) is 4.98 Å². The number of hydrogen-bond acceptors (Lipinski definition) is 3. The first-order chi connectivity index (χ1) is 7.25. The summed E-state index contributed by atoms with van der Waals surface area (Å²) in [6.07, 6.45) is 0.915. The number of carboxylic acid groups (broad SMARTS) is 1. The van der Waals surface area contributed by atoms with Crippen LogP contribution in [0.4, 0.5) is 0 Å². The highest BCUT2D eigenvalue weighted by Crippen LogP contribution is 2.30. The van der Waals surface area contributed by atoms with Crippen LogP contribution in [0.5, 0.6) is 0 Å². The van der Waals surface area contributed by atoms with Crippen LogP contribution in [-0.2, 0) is 16.6 Å². The summed E-state index contributed by atoms with van der Waals surface area (Å²) in [5.41, 5.74) is 0.161. The zero-order valence-electron chi connectivity index (χ0n) is 10.5. The van der Waals surface area contributed by atoms with E-state index >= 15 is 0 Å². The molecule has 1 N–H and O–H groups in total. The summed E-state index contributed by atoms with van der Waals surface area (Å²) in [7, 11) is 0. The Morgan fingerprint density at radius 3 is 2.50 bits per heavy atom. The molecule has 0 saturated carbocycles. The molecule has 1 heterocycles. The standard InChI is InChI=1S/C12H19NO2S/c1-7(2)6-9-8(3)16-10(13-9)12(4,5)11(14)15/h7H,6H2,1-5H3,(H,14,15). The molecule has 0 aliphatic heterocycles. The maximum atomic E-state index is 11.1. The van der Waals surface area contributed by atoms with E-state index in [9.17, 15) is 4.79 Å². The Bertz CT molecular complexity index is 394. The molecule has 0 saturated heterocycles. The van der Waals surface area contributed by atoms with Gasteiger partial charge in [0.05, 0.1) is 5.69 Å². The van der Waals surface area contributed by atoms with E-state index in [2.05, 4.69) is 18.8 Å². The second-order valence-corrected chi connectivity index (χ2v) is 6.25. The summed E-state index contributed by atoms with van der Waals surface area (Å²) in [6, 6.07) is 0. The summed E-state index contributed by atoms with van der Waals surface area (Å²) in [5, 5.41) is 9.85. The van der Waals surface area contributed by atoms with Crippen LogP contribution >= 0.6 is 11.3 Å². The highest BCUT2D eigenvalue weighted by molar-refractivity contribution is 7.12. The first-order valence-electron chi connectivity index (χ1n) is 5.45. The van der Waals surface area contributed by atoms with Crippen LogP contribution in [-0.4, -0.2) is 16.1 Å². The average Bonchev–Trinajstić information content (AvgIpc) is 2.47. The van der Waals surface area contributed by atoms with Crippen LogP contribution in [0.3, 0.4) is 0 Å². The van der Waals surface area contributed by atoms with Gasteiger partial charge in [-0.05, 0) is 33.1 Å². The van der Waals surface area contributed by atoms with Gasteiger partial charge < -0.3 is 5.11 Å². The predicted octanol–water partition coefficient (Wildman–Crippen LogP) is 3.01. The lowest BCUT2D eigenvalue weighted by atomic mass is 9.95. The lowest BCUT2D eigenvalue weighted by Crippen LogP contribution is -2.28. The molecule has 0 aliphatic carbocycles. The molecule has 0 atom stereocenters. The summed E-state index contributed by atoms with van der Waals surface area (Å²) in [5.74, 6) is -0.279. The predicted molar refractivity (Wildman–Crippen MR) is 66.1 cm³/mol. The van der Waals surface area contributed by atoms with Gasteiger partial charge in [-0.3, -0.25) is 4.79 Å². The van der Waals surface area contributed by atoms with Gasteiger partial charge in [0.2, 0.25) is 0 Å². The Balaban J connectivity index is 3.05. The number of aliphatic carboxylic acids is 1. The number of carboxylic acids is 1. The second-order valence-electron chi connectivity index (χ2n) is 5.05. The Morgan fingerprint density at radius 1 is 1.50 bits per heavy atom. The zero-order valence-corrected chi connectivity index (χ0v) is 11.3. The largest absolute Gasteiger partial charge is 0.481 e. The molecule has 1 rings (SSSR count). The van der Waals surface area contributed by atoms with E-state index in [1.807, 2.05) is 6.92 Å². The molecular weight excluding hydrogens is 222 g/mol. The Kier molecular flexibility index (Phi) is 3.73. The van der Waals surface area contributed by atoms with Crippen molar-refractivity contribution in [2.75, 3.05) is 0 Å². The van der Waals surface area contributed by atoms with Gasteiger partial charge in [-0.25, -0.2) is 4.98 Å². The van der Waals surface area contributed by atoms with Crippen LogP contribution in [0.15, 0.2) is 0 Å². The lowest BCUT2D eigenvalue weighted by molar-refractivity contribution is -0.142. The third-order valence-electron chi connectivity index (χ3n) is 2.56. The van der Waals surface area contributed by atoms with Crippen LogP contribution < -0.4 is 0 Å². The van der Waals surface area contributed by atoms with Gasteiger partial charge in [-0.1, -0.05) is 13.8 Å². The molecule has 0 aliphatic rings. The number of aromatic nitrogens is 1. The second kappa shape index (κ2) is 4.53. The fraction of sp³-hybridized carbons (Fsp3) is 0.667. The number of thiazole rings is 1. The Hall–Kier alpha value is -0.900. The molecule has 4 heteroatoms. The van der Waals surface area contributed by atoms with Crippen molar-refractivity contribution < 1.29 is 9.90 Å². The number of carbonyl (C=O) groups is 1. The zero-order chi connectivity index (χ0) is 12.5. The number of nitrogens with zero attached hydrogens (tertiary/aromatic N) is 1. The van der Waals surface area contributed by atoms with Crippen molar-refractivity contribution in [2.45, 2.75) is 46.5 Å². The summed E-state index contributed by atoms with van der Waals surface area (Å²) in [6.45, 7) is 9.69. The SMILES string of the molecule is Cc1sc(C(C)(C)C(=O)O)nc1CC(C)C. The molecule has 1 aromatic rings. The van der Waals surface area contributed by atoms with Crippen LogP contribution in [0.25, 0.3) is 0 Å². The van der Waals surface area contributed by atoms with Gasteiger partial charge in [0, 0.05) is 4.88 Å². The molecule has 16 heavy (non-hydrogen) atoms. The Labute approximate surface area is 101 Å². The fourth-order valence-corrected chi connectivity index (χ4v) is 2.40. The summed E-state index contributed by atoms with van der Waals surface area (Å²) in [4.78, 5) is 16.7. The monoisotopic (exact) mass is 241 g/mol. The minimum Gasteiger partial charge on any atom is -0.481 e. The van der Waals surface area contributed by atoms with Crippen molar-refractivity contribution >= 4 is 17.3 Å². The molecule has 0 unspecified atom stereocenters. The number of aryl methyl sites for hydroxylation is 1. The van der Waals surface area contributed by atoms with E-state index in [1.54, 1.807) is 13.8 Å². The van der Waals surface area contributed by atoms with Crippen molar-refractivity contribution in [1.29, 1.82) is 0 Å². The third-order valence-corrected chi connectivity index (χ3v) is 3.90. The van der Waals surface area contributed by atoms with Crippen LogP contribution in [0, 0.1) is 12.8 Å². The van der Waals surface area contributed by atoms with Gasteiger partial charge in [0.1, 0.15) is 10.4 Å². The molecule has 1 aromatic heterocycles.